The lowest BCUT2D eigenvalue weighted by molar-refractivity contribution is 0.0529. The van der Waals surface area contributed by atoms with E-state index in [-0.39, 0.29) is 12.5 Å². The molecular formula is C24H22BrNO3S. The zero-order valence-electron chi connectivity index (χ0n) is 16.7. The summed E-state index contributed by atoms with van der Waals surface area (Å²) in [7, 11) is 0. The Labute approximate surface area is 188 Å². The normalized spacial score (nSPS) is 12.9. The van der Waals surface area contributed by atoms with Gasteiger partial charge in [-0.15, -0.1) is 11.3 Å². The van der Waals surface area contributed by atoms with Crippen LogP contribution in [-0.2, 0) is 17.6 Å². The quantitative estimate of drug-likeness (QED) is 0.422. The maximum atomic E-state index is 12.8. The van der Waals surface area contributed by atoms with E-state index < -0.39 is 5.97 Å². The van der Waals surface area contributed by atoms with E-state index in [1.165, 1.54) is 35.3 Å². The molecule has 0 spiro atoms. The standard InChI is InChI=1S/C24H22BrNO3S/c1-2-29-24(28)21-20(18-8-7-15-5-3-4-6-17(15)13-18)14-30-23(21)26-22(27)16-9-11-19(25)12-10-16/h7-14H,2-6H2,1H3,(H,26,27). The van der Waals surface area contributed by atoms with E-state index in [2.05, 4.69) is 39.4 Å². The van der Waals surface area contributed by atoms with Gasteiger partial charge in [-0.1, -0.05) is 34.1 Å². The van der Waals surface area contributed by atoms with Crippen LogP contribution in [0.25, 0.3) is 11.1 Å². The second-order valence-corrected chi connectivity index (χ2v) is 9.02. The minimum absolute atomic E-state index is 0.258. The van der Waals surface area contributed by atoms with Gasteiger partial charge in [0.25, 0.3) is 5.91 Å². The first kappa shape index (κ1) is 20.8. The van der Waals surface area contributed by atoms with E-state index >= 15 is 0 Å². The van der Waals surface area contributed by atoms with E-state index in [0.29, 0.717) is 16.1 Å². The van der Waals surface area contributed by atoms with E-state index in [1.807, 2.05) is 17.5 Å². The predicted octanol–water partition coefficient (Wildman–Crippen LogP) is 6.49. The van der Waals surface area contributed by atoms with Crippen LogP contribution < -0.4 is 5.32 Å². The number of esters is 1. The van der Waals surface area contributed by atoms with Crippen molar-refractivity contribution in [2.75, 3.05) is 11.9 Å². The number of benzene rings is 2. The van der Waals surface area contributed by atoms with Crippen molar-refractivity contribution in [3.63, 3.8) is 0 Å². The van der Waals surface area contributed by atoms with E-state index in [1.54, 1.807) is 19.1 Å². The SMILES string of the molecule is CCOC(=O)c1c(-c2ccc3c(c2)CCCC3)csc1NC(=O)c1ccc(Br)cc1. The third-order valence-corrected chi connectivity index (χ3v) is 6.69. The number of amides is 1. The minimum Gasteiger partial charge on any atom is -0.462 e. The average Bonchev–Trinajstić information content (AvgIpc) is 3.17. The molecule has 1 aliphatic rings. The first-order chi connectivity index (χ1) is 14.6. The summed E-state index contributed by atoms with van der Waals surface area (Å²) in [6, 6.07) is 13.5. The lowest BCUT2D eigenvalue weighted by Crippen LogP contribution is -2.14. The van der Waals surface area contributed by atoms with Gasteiger partial charge < -0.3 is 10.1 Å². The molecule has 154 valence electrons. The number of ether oxygens (including phenoxy) is 1. The summed E-state index contributed by atoms with van der Waals surface area (Å²) < 4.78 is 6.22. The van der Waals surface area contributed by atoms with Crippen molar-refractivity contribution in [1.82, 2.24) is 0 Å². The van der Waals surface area contributed by atoms with Gasteiger partial charge in [-0.3, -0.25) is 4.79 Å². The number of halogens is 1. The fraction of sp³-hybridized carbons (Fsp3) is 0.250. The molecule has 0 fully saturated rings. The summed E-state index contributed by atoms with van der Waals surface area (Å²) >= 11 is 4.72. The number of hydrogen-bond acceptors (Lipinski definition) is 4. The summed E-state index contributed by atoms with van der Waals surface area (Å²) in [5.74, 6) is -0.676. The molecule has 0 saturated heterocycles. The number of anilines is 1. The van der Waals surface area contributed by atoms with Gasteiger partial charge in [0, 0.05) is 21.0 Å². The summed E-state index contributed by atoms with van der Waals surface area (Å²) in [4.78, 5) is 25.5. The fourth-order valence-electron chi connectivity index (χ4n) is 3.75. The Bertz CT molecular complexity index is 1090. The van der Waals surface area contributed by atoms with Crippen molar-refractivity contribution in [2.24, 2.45) is 0 Å². The molecule has 6 heteroatoms. The Balaban J connectivity index is 1.70. The number of carbonyl (C=O) groups excluding carboxylic acids is 2. The first-order valence-electron chi connectivity index (χ1n) is 10.0. The van der Waals surface area contributed by atoms with Crippen molar-refractivity contribution < 1.29 is 14.3 Å². The smallest absolute Gasteiger partial charge is 0.341 e. The molecule has 1 N–H and O–H groups in total. The summed E-state index contributed by atoms with van der Waals surface area (Å²) in [5, 5.41) is 5.33. The summed E-state index contributed by atoms with van der Waals surface area (Å²) in [6.07, 6.45) is 4.60. The van der Waals surface area contributed by atoms with E-state index in [0.717, 1.165) is 28.4 Å². The maximum absolute atomic E-state index is 12.8. The van der Waals surface area contributed by atoms with Crippen LogP contribution in [-0.4, -0.2) is 18.5 Å². The van der Waals surface area contributed by atoms with Gasteiger partial charge in [-0.05, 0) is 73.6 Å². The van der Waals surface area contributed by atoms with Gasteiger partial charge in [0.05, 0.1) is 6.61 Å². The number of carbonyl (C=O) groups is 2. The molecule has 0 aliphatic heterocycles. The molecule has 3 aromatic rings. The maximum Gasteiger partial charge on any atom is 0.341 e. The highest BCUT2D eigenvalue weighted by Gasteiger charge is 2.24. The molecular weight excluding hydrogens is 462 g/mol. The highest BCUT2D eigenvalue weighted by Crippen LogP contribution is 2.38. The van der Waals surface area contributed by atoms with Crippen LogP contribution in [0.3, 0.4) is 0 Å². The molecule has 1 aliphatic carbocycles. The van der Waals surface area contributed by atoms with Crippen molar-refractivity contribution in [3.8, 4) is 11.1 Å². The molecule has 2 aromatic carbocycles. The summed E-state index contributed by atoms with van der Waals surface area (Å²) in [5.41, 5.74) is 5.47. The molecule has 0 atom stereocenters. The largest absolute Gasteiger partial charge is 0.462 e. The Morgan fingerprint density at radius 3 is 2.53 bits per heavy atom. The lowest BCUT2D eigenvalue weighted by Gasteiger charge is -2.17. The second-order valence-electron chi connectivity index (χ2n) is 7.23. The minimum atomic E-state index is -0.419. The first-order valence-corrected chi connectivity index (χ1v) is 11.7. The molecule has 1 amide bonds. The van der Waals surface area contributed by atoms with Crippen LogP contribution in [0.4, 0.5) is 5.00 Å². The van der Waals surface area contributed by atoms with E-state index in [4.69, 9.17) is 4.74 Å². The molecule has 0 radical (unpaired) electrons. The van der Waals surface area contributed by atoms with Crippen LogP contribution in [0, 0.1) is 0 Å². The summed E-state index contributed by atoms with van der Waals surface area (Å²) in [6.45, 7) is 2.06. The zero-order chi connectivity index (χ0) is 21.1. The van der Waals surface area contributed by atoms with Crippen LogP contribution in [0.5, 0.6) is 0 Å². The van der Waals surface area contributed by atoms with Gasteiger partial charge in [0.1, 0.15) is 10.6 Å². The number of thiophene rings is 1. The van der Waals surface area contributed by atoms with Crippen LogP contribution in [0.2, 0.25) is 0 Å². The second kappa shape index (κ2) is 9.14. The predicted molar refractivity (Wildman–Crippen MR) is 124 cm³/mol. The average molecular weight is 484 g/mol. The number of aryl methyl sites for hydroxylation is 2. The number of hydrogen-bond donors (Lipinski definition) is 1. The van der Waals surface area contributed by atoms with Crippen LogP contribution in [0.15, 0.2) is 52.3 Å². The third kappa shape index (κ3) is 4.35. The molecule has 0 saturated carbocycles. The van der Waals surface area contributed by atoms with Gasteiger partial charge in [0.15, 0.2) is 0 Å². The Kier molecular flexibility index (Phi) is 6.35. The monoisotopic (exact) mass is 483 g/mol. The molecule has 0 unspecified atom stereocenters. The van der Waals surface area contributed by atoms with Gasteiger partial charge >= 0.3 is 5.97 Å². The third-order valence-electron chi connectivity index (χ3n) is 5.26. The zero-order valence-corrected chi connectivity index (χ0v) is 19.1. The van der Waals surface area contributed by atoms with E-state index in [9.17, 15) is 9.59 Å². The van der Waals surface area contributed by atoms with Gasteiger partial charge in [0.2, 0.25) is 0 Å². The Morgan fingerprint density at radius 2 is 1.80 bits per heavy atom. The molecule has 4 nitrogen and oxygen atoms in total. The highest BCUT2D eigenvalue weighted by molar-refractivity contribution is 9.10. The Morgan fingerprint density at radius 1 is 1.07 bits per heavy atom. The Hall–Kier alpha value is -2.44. The topological polar surface area (TPSA) is 55.4 Å². The van der Waals surface area contributed by atoms with Gasteiger partial charge in [-0.2, -0.15) is 0 Å². The van der Waals surface area contributed by atoms with Crippen molar-refractivity contribution in [1.29, 1.82) is 0 Å². The number of nitrogens with one attached hydrogen (secondary N) is 1. The van der Waals surface area contributed by atoms with Crippen LogP contribution in [0.1, 0.15) is 51.6 Å². The lowest BCUT2D eigenvalue weighted by atomic mass is 9.89. The molecule has 1 heterocycles. The van der Waals surface area contributed by atoms with Gasteiger partial charge in [-0.25, -0.2) is 4.79 Å². The molecule has 4 rings (SSSR count). The van der Waals surface area contributed by atoms with Crippen molar-refractivity contribution >= 4 is 44.1 Å². The molecule has 30 heavy (non-hydrogen) atoms. The number of fused-ring (bicyclic) bond motifs is 1. The van der Waals surface area contributed by atoms with Crippen LogP contribution >= 0.6 is 27.3 Å². The van der Waals surface area contributed by atoms with Crippen molar-refractivity contribution in [2.45, 2.75) is 32.6 Å². The van der Waals surface area contributed by atoms with Crippen molar-refractivity contribution in [3.05, 3.63) is 74.6 Å². The molecule has 1 aromatic heterocycles. The highest BCUT2D eigenvalue weighted by atomic mass is 79.9. The fourth-order valence-corrected chi connectivity index (χ4v) is 4.96. The molecule has 0 bridgehead atoms. The number of rotatable bonds is 5.